The van der Waals surface area contributed by atoms with Crippen LogP contribution in [0.2, 0.25) is 18.8 Å². The van der Waals surface area contributed by atoms with E-state index in [0.29, 0.717) is 0 Å². The van der Waals surface area contributed by atoms with Gasteiger partial charge >= 0.3 is 115 Å². The molecule has 0 spiro atoms. The van der Waals surface area contributed by atoms with E-state index in [1.54, 1.807) is 8.87 Å². The Balaban J connectivity index is 3.38. The second-order valence-electron chi connectivity index (χ2n) is 6.49. The van der Waals surface area contributed by atoms with Crippen molar-refractivity contribution in [2.75, 3.05) is 0 Å². The molecule has 104 valence electrons. The molecule has 0 nitrogen and oxygen atoms in total. The standard InChI is InChI=1S/2C7H15.2CH3.Sn/c2*1-3-5-7-6-4-2;;;/h2*1,3-7H2,2H3;2*1H3;. The maximum absolute atomic E-state index is 2.67. The van der Waals surface area contributed by atoms with Gasteiger partial charge in [-0.1, -0.05) is 0 Å². The predicted octanol–water partition coefficient (Wildman–Crippen LogP) is 6.64. The number of hydrogen-bond acceptors (Lipinski definition) is 0. The van der Waals surface area contributed by atoms with Crippen LogP contribution in [-0.2, 0) is 0 Å². The van der Waals surface area contributed by atoms with Gasteiger partial charge in [0.05, 0.1) is 0 Å². The van der Waals surface area contributed by atoms with Crippen LogP contribution in [0.25, 0.3) is 0 Å². The van der Waals surface area contributed by atoms with Gasteiger partial charge in [-0.15, -0.1) is 0 Å². The van der Waals surface area contributed by atoms with Crippen LogP contribution in [-0.4, -0.2) is 18.4 Å². The molecule has 0 aliphatic carbocycles. The number of hydrogen-bond donors (Lipinski definition) is 0. The van der Waals surface area contributed by atoms with E-state index in [-0.39, 0.29) is 0 Å². The molecule has 17 heavy (non-hydrogen) atoms. The van der Waals surface area contributed by atoms with Crippen molar-refractivity contribution in [2.24, 2.45) is 0 Å². The summed E-state index contributed by atoms with van der Waals surface area (Å²) in [5, 5.41) is 0. The van der Waals surface area contributed by atoms with E-state index in [1.807, 2.05) is 0 Å². The van der Waals surface area contributed by atoms with Gasteiger partial charge < -0.3 is 0 Å². The van der Waals surface area contributed by atoms with Gasteiger partial charge in [-0.2, -0.15) is 0 Å². The van der Waals surface area contributed by atoms with Gasteiger partial charge in [0.25, 0.3) is 0 Å². The molecule has 0 bridgehead atoms. The SMILES string of the molecule is CCCCCC[CH2][Sn]([CH3])([CH3])[CH2]CCCCCC. The molecule has 0 aromatic rings. The van der Waals surface area contributed by atoms with E-state index in [9.17, 15) is 0 Å². The molecular formula is C16H36Sn. The van der Waals surface area contributed by atoms with Crippen molar-refractivity contribution in [3.8, 4) is 0 Å². The molecular weight excluding hydrogens is 311 g/mol. The zero-order valence-electron chi connectivity index (χ0n) is 13.0. The van der Waals surface area contributed by atoms with Crippen LogP contribution >= 0.6 is 0 Å². The first kappa shape index (κ1) is 17.8. The number of unbranched alkanes of at least 4 members (excludes halogenated alkanes) is 8. The van der Waals surface area contributed by atoms with Crippen molar-refractivity contribution >= 4 is 18.4 Å². The van der Waals surface area contributed by atoms with Gasteiger partial charge in [0.2, 0.25) is 0 Å². The third-order valence-corrected chi connectivity index (χ3v) is 13.7. The Morgan fingerprint density at radius 3 is 1.24 bits per heavy atom. The molecule has 0 atom stereocenters. The first-order valence-corrected chi connectivity index (χ1v) is 17.9. The molecule has 0 N–H and O–H groups in total. The summed E-state index contributed by atoms with van der Waals surface area (Å²) in [5.74, 6) is 0. The fraction of sp³-hybridized carbons (Fsp3) is 1.00. The summed E-state index contributed by atoms with van der Waals surface area (Å²) in [6.45, 7) is 4.61. The van der Waals surface area contributed by atoms with E-state index < -0.39 is 18.4 Å². The van der Waals surface area contributed by atoms with Gasteiger partial charge in [-0.3, -0.25) is 0 Å². The molecule has 0 aromatic heterocycles. The van der Waals surface area contributed by atoms with E-state index >= 15 is 0 Å². The van der Waals surface area contributed by atoms with Crippen LogP contribution in [0.5, 0.6) is 0 Å². The quantitative estimate of drug-likeness (QED) is 0.274. The third kappa shape index (κ3) is 13.0. The Labute approximate surface area is 115 Å². The molecule has 0 fully saturated rings. The van der Waals surface area contributed by atoms with Gasteiger partial charge in [0, 0.05) is 0 Å². The maximum atomic E-state index is 2.67. The van der Waals surface area contributed by atoms with E-state index in [0.717, 1.165) is 0 Å². The first-order chi connectivity index (χ1) is 8.12. The molecule has 1 heteroatoms. The summed E-state index contributed by atoms with van der Waals surface area (Å²) in [6.07, 6.45) is 14.7. The van der Waals surface area contributed by atoms with Gasteiger partial charge in [-0.05, 0) is 0 Å². The van der Waals surface area contributed by atoms with Crippen molar-refractivity contribution in [1.82, 2.24) is 0 Å². The predicted molar refractivity (Wildman–Crippen MR) is 84.6 cm³/mol. The molecule has 0 unspecified atom stereocenters. The molecule has 0 rings (SSSR count). The molecule has 0 aromatic carbocycles. The monoisotopic (exact) mass is 348 g/mol. The Morgan fingerprint density at radius 2 is 0.882 bits per heavy atom. The minimum absolute atomic E-state index is 1.38. The van der Waals surface area contributed by atoms with E-state index in [1.165, 1.54) is 64.2 Å². The molecule has 0 saturated heterocycles. The van der Waals surface area contributed by atoms with Crippen molar-refractivity contribution < 1.29 is 0 Å². The third-order valence-electron chi connectivity index (χ3n) is 3.91. The topological polar surface area (TPSA) is 0 Å². The van der Waals surface area contributed by atoms with Crippen molar-refractivity contribution in [1.29, 1.82) is 0 Å². The molecule has 0 aliphatic rings. The molecule has 0 heterocycles. The summed E-state index contributed by atoms with van der Waals surface area (Å²) < 4.78 is 3.29. The van der Waals surface area contributed by atoms with E-state index in [4.69, 9.17) is 0 Å². The number of rotatable bonds is 12. The van der Waals surface area contributed by atoms with Gasteiger partial charge in [0.1, 0.15) is 0 Å². The summed E-state index contributed by atoms with van der Waals surface area (Å²) in [5.41, 5.74) is 0. The van der Waals surface area contributed by atoms with Crippen LogP contribution < -0.4 is 0 Å². The Morgan fingerprint density at radius 1 is 0.529 bits per heavy atom. The fourth-order valence-electron chi connectivity index (χ4n) is 2.54. The van der Waals surface area contributed by atoms with Crippen LogP contribution in [0, 0.1) is 0 Å². The second-order valence-corrected chi connectivity index (χ2v) is 21.7. The molecule has 0 amide bonds. The molecule has 0 radical (unpaired) electrons. The zero-order chi connectivity index (χ0) is 13.0. The van der Waals surface area contributed by atoms with Crippen LogP contribution in [0.1, 0.15) is 78.1 Å². The summed E-state index contributed by atoms with van der Waals surface area (Å²) in [6, 6.07) is 0. The zero-order valence-corrected chi connectivity index (χ0v) is 15.8. The van der Waals surface area contributed by atoms with E-state index in [2.05, 4.69) is 23.7 Å². The Kier molecular flexibility index (Phi) is 12.4. The van der Waals surface area contributed by atoms with Gasteiger partial charge in [-0.25, -0.2) is 0 Å². The Hall–Kier alpha value is 0.799. The Bertz CT molecular complexity index is 136. The average molecular weight is 347 g/mol. The average Bonchev–Trinajstić information content (AvgIpc) is 2.28. The van der Waals surface area contributed by atoms with Crippen LogP contribution in [0.4, 0.5) is 0 Å². The molecule has 0 saturated carbocycles. The van der Waals surface area contributed by atoms with Crippen LogP contribution in [0.3, 0.4) is 0 Å². The van der Waals surface area contributed by atoms with Crippen molar-refractivity contribution in [3.63, 3.8) is 0 Å². The van der Waals surface area contributed by atoms with Crippen molar-refractivity contribution in [2.45, 2.75) is 96.8 Å². The van der Waals surface area contributed by atoms with Gasteiger partial charge in [0.15, 0.2) is 0 Å². The van der Waals surface area contributed by atoms with Crippen LogP contribution in [0.15, 0.2) is 0 Å². The minimum atomic E-state index is -1.55. The molecule has 0 aliphatic heterocycles. The normalized spacial score (nSPS) is 12.0. The first-order valence-electron chi connectivity index (χ1n) is 8.12. The summed E-state index contributed by atoms with van der Waals surface area (Å²) >= 11 is -1.55. The second kappa shape index (κ2) is 11.9. The fourth-order valence-corrected chi connectivity index (χ4v) is 10.1. The van der Waals surface area contributed by atoms with Crippen molar-refractivity contribution in [3.05, 3.63) is 0 Å². The summed E-state index contributed by atoms with van der Waals surface area (Å²) in [7, 11) is 0. The summed E-state index contributed by atoms with van der Waals surface area (Å²) in [4.78, 5) is 5.35.